The van der Waals surface area contributed by atoms with Gasteiger partial charge in [0.2, 0.25) is 17.7 Å². The molecule has 1 heterocycles. The second kappa shape index (κ2) is 13.8. The van der Waals surface area contributed by atoms with Gasteiger partial charge in [-0.2, -0.15) is 0 Å². The van der Waals surface area contributed by atoms with E-state index in [1.807, 2.05) is 38.1 Å². The summed E-state index contributed by atoms with van der Waals surface area (Å²) >= 11 is 0. The van der Waals surface area contributed by atoms with Gasteiger partial charge in [-0.1, -0.05) is 58.7 Å². The number of aliphatic carboxylic acids is 1. The molecule has 0 fully saturated rings. The number of aliphatic hydroxyl groups excluding tert-OH is 1. The van der Waals surface area contributed by atoms with E-state index in [2.05, 4.69) is 20.9 Å². The van der Waals surface area contributed by atoms with E-state index in [4.69, 9.17) is 5.73 Å². The Hall–Kier alpha value is -3.44. The molecule has 0 bridgehead atoms. The number of nitrogens with two attached hydrogens (primary N) is 1. The average Bonchev–Trinajstić information content (AvgIpc) is 3.30. The topological polar surface area (TPSA) is 187 Å². The fourth-order valence-corrected chi connectivity index (χ4v) is 3.91. The molecule has 8 N–H and O–H groups in total. The Balaban J connectivity index is 2.28. The van der Waals surface area contributed by atoms with E-state index in [-0.39, 0.29) is 18.3 Å². The summed E-state index contributed by atoms with van der Waals surface area (Å²) in [5.41, 5.74) is 7.51. The molecule has 0 saturated carbocycles. The highest BCUT2D eigenvalue weighted by molar-refractivity contribution is 5.95. The monoisotopic (exact) mass is 517 g/mol. The van der Waals surface area contributed by atoms with Crippen molar-refractivity contribution in [3.63, 3.8) is 0 Å². The number of benzene rings is 1. The lowest BCUT2D eigenvalue weighted by molar-refractivity contribution is -0.143. The molecule has 204 valence electrons. The number of amides is 3. The molecule has 6 atom stereocenters. The minimum Gasteiger partial charge on any atom is -0.480 e. The molecule has 0 spiro atoms. The van der Waals surface area contributed by atoms with E-state index in [9.17, 15) is 29.4 Å². The van der Waals surface area contributed by atoms with Crippen molar-refractivity contribution in [3.8, 4) is 0 Å². The highest BCUT2D eigenvalue weighted by Gasteiger charge is 2.32. The normalized spacial score (nSPS) is 16.2. The molecule has 11 nitrogen and oxygen atoms in total. The summed E-state index contributed by atoms with van der Waals surface area (Å²) in [5, 5.41) is 27.8. The molecule has 0 aliphatic carbocycles. The van der Waals surface area contributed by atoms with Gasteiger partial charge in [-0.25, -0.2) is 4.79 Å². The maximum absolute atomic E-state index is 13.3. The first-order chi connectivity index (χ1) is 17.5. The van der Waals surface area contributed by atoms with Crippen molar-refractivity contribution in [2.75, 3.05) is 6.61 Å². The molecule has 3 amide bonds. The maximum Gasteiger partial charge on any atom is 0.326 e. The lowest BCUT2D eigenvalue weighted by Gasteiger charge is -2.26. The van der Waals surface area contributed by atoms with E-state index >= 15 is 0 Å². The highest BCUT2D eigenvalue weighted by atomic mass is 16.4. The van der Waals surface area contributed by atoms with E-state index in [1.165, 1.54) is 0 Å². The number of aromatic amines is 1. The second-order valence-electron chi connectivity index (χ2n) is 9.49. The molecule has 1 aromatic heterocycles. The van der Waals surface area contributed by atoms with Gasteiger partial charge in [0.1, 0.15) is 18.1 Å². The first kappa shape index (κ1) is 29.8. The molecule has 2 rings (SSSR count). The summed E-state index contributed by atoms with van der Waals surface area (Å²) in [4.78, 5) is 53.7. The second-order valence-corrected chi connectivity index (χ2v) is 9.49. The zero-order valence-corrected chi connectivity index (χ0v) is 21.8. The predicted octanol–water partition coefficient (Wildman–Crippen LogP) is 0.661. The third-order valence-electron chi connectivity index (χ3n) is 6.88. The van der Waals surface area contributed by atoms with E-state index in [0.29, 0.717) is 12.8 Å². The summed E-state index contributed by atoms with van der Waals surface area (Å²) in [6, 6.07) is 2.90. The Bertz CT molecular complexity index is 1090. The Morgan fingerprint density at radius 2 is 1.51 bits per heavy atom. The van der Waals surface area contributed by atoms with Gasteiger partial charge in [0.25, 0.3) is 0 Å². The standard InChI is InChI=1S/C26H39N5O6/c1-5-14(3)21(27)25(35)30-20(13-32)24(34)29-19(23(33)31-22(26(36)37)15(4)6-2)11-16-12-28-18-10-8-7-9-17(16)18/h7-10,12,14-15,19-22,28,32H,5-6,11,13,27H2,1-4H3,(H,29,34)(H,30,35)(H,31,33)(H,36,37). The van der Waals surface area contributed by atoms with Crippen molar-refractivity contribution in [2.45, 2.75) is 71.1 Å². The molecule has 11 heteroatoms. The summed E-state index contributed by atoms with van der Waals surface area (Å²) < 4.78 is 0. The van der Waals surface area contributed by atoms with Crippen molar-refractivity contribution in [1.29, 1.82) is 0 Å². The van der Waals surface area contributed by atoms with Gasteiger partial charge in [0.05, 0.1) is 12.6 Å². The molecular weight excluding hydrogens is 478 g/mol. The number of carboxylic acids is 1. The Labute approximate surface area is 216 Å². The van der Waals surface area contributed by atoms with E-state index < -0.39 is 54.5 Å². The van der Waals surface area contributed by atoms with Crippen LogP contribution in [0.1, 0.15) is 46.1 Å². The number of aromatic nitrogens is 1. The van der Waals surface area contributed by atoms with Crippen LogP contribution >= 0.6 is 0 Å². The molecule has 0 aliphatic heterocycles. The number of H-pyrrole nitrogens is 1. The van der Waals surface area contributed by atoms with Gasteiger partial charge in [-0.3, -0.25) is 14.4 Å². The average molecular weight is 518 g/mol. The lowest BCUT2D eigenvalue weighted by atomic mass is 9.97. The van der Waals surface area contributed by atoms with Crippen LogP contribution in [0.2, 0.25) is 0 Å². The number of nitrogens with one attached hydrogen (secondary N) is 4. The number of hydrogen-bond donors (Lipinski definition) is 7. The van der Waals surface area contributed by atoms with Crippen LogP contribution in [0.25, 0.3) is 10.9 Å². The van der Waals surface area contributed by atoms with Crippen LogP contribution in [0.15, 0.2) is 30.5 Å². The summed E-state index contributed by atoms with van der Waals surface area (Å²) in [5.74, 6) is -3.75. The Kier molecular flexibility index (Phi) is 11.1. The molecule has 1 aromatic carbocycles. The summed E-state index contributed by atoms with van der Waals surface area (Å²) in [6.07, 6.45) is 2.94. The van der Waals surface area contributed by atoms with Gasteiger partial charge >= 0.3 is 5.97 Å². The van der Waals surface area contributed by atoms with Gasteiger partial charge in [-0.05, 0) is 23.5 Å². The maximum atomic E-state index is 13.3. The summed E-state index contributed by atoms with van der Waals surface area (Å²) in [6.45, 7) is 6.50. The number of carboxylic acid groups (broad SMARTS) is 1. The smallest absolute Gasteiger partial charge is 0.326 e. The number of hydrogen-bond acceptors (Lipinski definition) is 6. The third kappa shape index (κ3) is 7.77. The molecule has 6 unspecified atom stereocenters. The number of aliphatic hydroxyl groups is 1. The SMILES string of the molecule is CCC(C)C(N)C(=O)NC(CO)C(=O)NC(Cc1c[nH]c2ccccc12)C(=O)NC(C(=O)O)C(C)CC. The lowest BCUT2D eigenvalue weighted by Crippen LogP contribution is -2.59. The molecule has 37 heavy (non-hydrogen) atoms. The van der Waals surface area contributed by atoms with E-state index in [0.717, 1.165) is 16.5 Å². The van der Waals surface area contributed by atoms with Gasteiger partial charge < -0.3 is 36.9 Å². The van der Waals surface area contributed by atoms with Crippen molar-refractivity contribution in [2.24, 2.45) is 17.6 Å². The molecule has 2 aromatic rings. The van der Waals surface area contributed by atoms with E-state index in [1.54, 1.807) is 20.0 Å². The molecule has 0 saturated heterocycles. The third-order valence-corrected chi connectivity index (χ3v) is 6.88. The highest BCUT2D eigenvalue weighted by Crippen LogP contribution is 2.19. The summed E-state index contributed by atoms with van der Waals surface area (Å²) in [7, 11) is 0. The van der Waals surface area contributed by atoms with Crippen molar-refractivity contribution in [3.05, 3.63) is 36.0 Å². The van der Waals surface area contributed by atoms with Crippen molar-refractivity contribution >= 4 is 34.6 Å². The zero-order valence-electron chi connectivity index (χ0n) is 21.8. The number of rotatable bonds is 14. The fraction of sp³-hybridized carbons (Fsp3) is 0.538. The number of fused-ring (bicyclic) bond motifs is 1. The van der Waals surface area contributed by atoms with Gasteiger partial charge in [0, 0.05) is 23.5 Å². The van der Waals surface area contributed by atoms with Gasteiger partial charge in [0.15, 0.2) is 0 Å². The zero-order chi connectivity index (χ0) is 27.7. The molecule has 0 radical (unpaired) electrons. The van der Waals surface area contributed by atoms with Crippen LogP contribution in [0.4, 0.5) is 0 Å². The van der Waals surface area contributed by atoms with Crippen molar-refractivity contribution in [1.82, 2.24) is 20.9 Å². The minimum atomic E-state index is -1.34. The van der Waals surface area contributed by atoms with Crippen molar-refractivity contribution < 1.29 is 29.4 Å². The van der Waals surface area contributed by atoms with Crippen LogP contribution in [-0.2, 0) is 25.6 Å². The molecular formula is C26H39N5O6. The van der Waals surface area contributed by atoms with Crippen LogP contribution in [-0.4, -0.2) is 69.7 Å². The quantitative estimate of drug-likeness (QED) is 0.192. The first-order valence-corrected chi connectivity index (χ1v) is 12.6. The number of para-hydroxylation sites is 1. The van der Waals surface area contributed by atoms with Crippen LogP contribution in [0.3, 0.4) is 0 Å². The number of carbonyl (C=O) groups is 4. The fourth-order valence-electron chi connectivity index (χ4n) is 3.91. The molecule has 0 aliphatic rings. The minimum absolute atomic E-state index is 0.0485. The largest absolute Gasteiger partial charge is 0.480 e. The van der Waals surface area contributed by atoms with Crippen LogP contribution in [0, 0.1) is 11.8 Å². The van der Waals surface area contributed by atoms with Crippen LogP contribution < -0.4 is 21.7 Å². The predicted molar refractivity (Wildman–Crippen MR) is 139 cm³/mol. The Morgan fingerprint density at radius 3 is 2.11 bits per heavy atom. The van der Waals surface area contributed by atoms with Crippen LogP contribution in [0.5, 0.6) is 0 Å². The Morgan fingerprint density at radius 1 is 0.919 bits per heavy atom. The first-order valence-electron chi connectivity index (χ1n) is 12.6. The number of carbonyl (C=O) groups excluding carboxylic acids is 3. The van der Waals surface area contributed by atoms with Gasteiger partial charge in [-0.15, -0.1) is 0 Å².